The van der Waals surface area contributed by atoms with Crippen LogP contribution in [0.5, 0.6) is 0 Å². The Morgan fingerprint density at radius 1 is 1.53 bits per heavy atom. The molecule has 2 unspecified atom stereocenters. The molecule has 5 nitrogen and oxygen atoms in total. The normalized spacial score (nSPS) is 14.1. The number of nitrogens with two attached hydrogens (primary N) is 1. The lowest BCUT2D eigenvalue weighted by molar-refractivity contribution is -0.143. The van der Waals surface area contributed by atoms with Crippen molar-refractivity contribution in [3.8, 4) is 12.3 Å². The van der Waals surface area contributed by atoms with Gasteiger partial charge in [-0.2, -0.15) is 0 Å². The minimum atomic E-state index is -1.08. The number of aliphatic carboxylic acids is 1. The molecule has 0 saturated heterocycles. The molecule has 0 aliphatic heterocycles. The van der Waals surface area contributed by atoms with Crippen molar-refractivity contribution in [3.63, 3.8) is 0 Å². The van der Waals surface area contributed by atoms with Crippen LogP contribution in [0.4, 0.5) is 0 Å². The molecule has 0 aromatic carbocycles. The quantitative estimate of drug-likeness (QED) is 0.539. The number of rotatable bonds is 5. The smallest absolute Gasteiger partial charge is 0.326 e. The second-order valence-electron chi connectivity index (χ2n) is 3.58. The molecule has 0 aliphatic rings. The maximum Gasteiger partial charge on any atom is 0.326 e. The number of nitrogens with one attached hydrogen (secondary N) is 1. The fourth-order valence-corrected chi connectivity index (χ4v) is 0.994. The van der Waals surface area contributed by atoms with E-state index in [9.17, 15) is 9.59 Å². The molecule has 0 bridgehead atoms. The Balaban J connectivity index is 4.37. The lowest BCUT2D eigenvalue weighted by atomic mass is 10.0. The monoisotopic (exact) mass is 212 g/mol. The zero-order valence-electron chi connectivity index (χ0n) is 8.86. The molecule has 0 spiro atoms. The van der Waals surface area contributed by atoms with Crippen LogP contribution in [-0.2, 0) is 9.59 Å². The molecule has 15 heavy (non-hydrogen) atoms. The van der Waals surface area contributed by atoms with Crippen molar-refractivity contribution >= 4 is 11.9 Å². The topological polar surface area (TPSA) is 92.4 Å². The Bertz CT molecular complexity index is 281. The van der Waals surface area contributed by atoms with Crippen molar-refractivity contribution in [1.29, 1.82) is 0 Å². The summed E-state index contributed by atoms with van der Waals surface area (Å²) in [7, 11) is 0. The van der Waals surface area contributed by atoms with Gasteiger partial charge in [0.05, 0.1) is 6.04 Å². The summed E-state index contributed by atoms with van der Waals surface area (Å²) >= 11 is 0. The van der Waals surface area contributed by atoms with Crippen molar-refractivity contribution in [2.75, 3.05) is 0 Å². The number of hydrogen-bond acceptors (Lipinski definition) is 3. The zero-order valence-corrected chi connectivity index (χ0v) is 8.86. The highest BCUT2D eigenvalue weighted by Crippen LogP contribution is 2.02. The molecule has 5 heteroatoms. The van der Waals surface area contributed by atoms with E-state index in [1.54, 1.807) is 13.8 Å². The Kier molecular flexibility index (Phi) is 5.42. The standard InChI is InChI=1S/C10H16N2O3/c1-4-5-7(11)9(13)12-8(6(2)3)10(14)15/h1,6-8H,5,11H2,2-3H3,(H,12,13)(H,14,15). The van der Waals surface area contributed by atoms with Gasteiger partial charge in [0.15, 0.2) is 0 Å². The van der Waals surface area contributed by atoms with Crippen LogP contribution < -0.4 is 11.1 Å². The third-order valence-electron chi connectivity index (χ3n) is 1.91. The molecule has 0 heterocycles. The molecule has 0 rings (SSSR count). The van der Waals surface area contributed by atoms with E-state index in [1.807, 2.05) is 0 Å². The summed E-state index contributed by atoms with van der Waals surface area (Å²) in [5.74, 6) is 0.432. The van der Waals surface area contributed by atoms with E-state index in [-0.39, 0.29) is 12.3 Å². The molecule has 1 amide bonds. The average molecular weight is 212 g/mol. The van der Waals surface area contributed by atoms with Gasteiger partial charge in [-0.15, -0.1) is 12.3 Å². The second kappa shape index (κ2) is 6.04. The summed E-state index contributed by atoms with van der Waals surface area (Å²) in [6.07, 6.45) is 5.08. The first kappa shape index (κ1) is 13.5. The van der Waals surface area contributed by atoms with E-state index in [0.717, 1.165) is 0 Å². The van der Waals surface area contributed by atoms with E-state index in [2.05, 4.69) is 11.2 Å². The molecule has 0 aromatic rings. The number of carboxylic acids is 1. The summed E-state index contributed by atoms with van der Waals surface area (Å²) in [4.78, 5) is 22.1. The predicted octanol–water partition coefficient (Wildman–Crippen LogP) is -0.438. The van der Waals surface area contributed by atoms with Crippen molar-refractivity contribution in [3.05, 3.63) is 0 Å². The van der Waals surface area contributed by atoms with E-state index >= 15 is 0 Å². The number of terminal acetylenes is 1. The molecule has 4 N–H and O–H groups in total. The van der Waals surface area contributed by atoms with Gasteiger partial charge in [-0.3, -0.25) is 4.79 Å². The Morgan fingerprint density at radius 2 is 2.07 bits per heavy atom. The van der Waals surface area contributed by atoms with Gasteiger partial charge >= 0.3 is 5.97 Å². The molecular weight excluding hydrogens is 196 g/mol. The minimum absolute atomic E-state index is 0.0935. The fourth-order valence-electron chi connectivity index (χ4n) is 0.994. The third kappa shape index (κ3) is 4.47. The first-order valence-electron chi connectivity index (χ1n) is 4.62. The van der Waals surface area contributed by atoms with Crippen LogP contribution in [-0.4, -0.2) is 29.1 Å². The first-order chi connectivity index (χ1) is 6.90. The van der Waals surface area contributed by atoms with Crippen LogP contribution >= 0.6 is 0 Å². The fraction of sp³-hybridized carbons (Fsp3) is 0.600. The highest BCUT2D eigenvalue weighted by atomic mass is 16.4. The summed E-state index contributed by atoms with van der Waals surface area (Å²) < 4.78 is 0. The highest BCUT2D eigenvalue weighted by Gasteiger charge is 2.25. The SMILES string of the molecule is C#CCC(N)C(=O)NC(C(=O)O)C(C)C. The largest absolute Gasteiger partial charge is 0.480 e. The van der Waals surface area contributed by atoms with E-state index in [0.29, 0.717) is 0 Å². The van der Waals surface area contributed by atoms with Crippen molar-refractivity contribution < 1.29 is 14.7 Å². The van der Waals surface area contributed by atoms with Gasteiger partial charge < -0.3 is 16.2 Å². The Morgan fingerprint density at radius 3 is 2.40 bits per heavy atom. The lowest BCUT2D eigenvalue weighted by Crippen LogP contribution is -2.50. The van der Waals surface area contributed by atoms with E-state index < -0.39 is 24.0 Å². The molecule has 2 atom stereocenters. The first-order valence-corrected chi connectivity index (χ1v) is 4.62. The summed E-state index contributed by atoms with van der Waals surface area (Å²) in [6.45, 7) is 3.40. The van der Waals surface area contributed by atoms with Gasteiger partial charge in [0, 0.05) is 6.42 Å². The number of carbonyl (C=O) groups is 2. The molecule has 0 radical (unpaired) electrons. The maximum absolute atomic E-state index is 11.4. The maximum atomic E-state index is 11.4. The number of carboxylic acid groups (broad SMARTS) is 1. The van der Waals surface area contributed by atoms with Gasteiger partial charge in [0.25, 0.3) is 0 Å². The number of amides is 1. The molecule has 0 saturated carbocycles. The molecular formula is C10H16N2O3. The highest BCUT2D eigenvalue weighted by molar-refractivity contribution is 5.87. The van der Waals surface area contributed by atoms with Gasteiger partial charge in [-0.1, -0.05) is 13.8 Å². The molecule has 0 aliphatic carbocycles. The number of carbonyl (C=O) groups excluding carboxylic acids is 1. The summed E-state index contributed by atoms with van der Waals surface area (Å²) in [5, 5.41) is 11.1. The van der Waals surface area contributed by atoms with Crippen LogP contribution in [0.3, 0.4) is 0 Å². The summed E-state index contributed by atoms with van der Waals surface area (Å²) in [6, 6.07) is -1.78. The second-order valence-corrected chi connectivity index (χ2v) is 3.58. The van der Waals surface area contributed by atoms with Crippen LogP contribution in [0.2, 0.25) is 0 Å². The predicted molar refractivity (Wildman–Crippen MR) is 55.8 cm³/mol. The third-order valence-corrected chi connectivity index (χ3v) is 1.91. The molecule has 84 valence electrons. The van der Waals surface area contributed by atoms with Crippen molar-refractivity contribution in [2.24, 2.45) is 11.7 Å². The van der Waals surface area contributed by atoms with E-state index in [1.165, 1.54) is 0 Å². The van der Waals surface area contributed by atoms with Crippen LogP contribution in [0.1, 0.15) is 20.3 Å². The molecule has 0 fully saturated rings. The van der Waals surface area contributed by atoms with E-state index in [4.69, 9.17) is 17.3 Å². The summed E-state index contributed by atoms with van der Waals surface area (Å²) in [5.41, 5.74) is 5.43. The van der Waals surface area contributed by atoms with Gasteiger partial charge in [-0.05, 0) is 5.92 Å². The Hall–Kier alpha value is -1.54. The van der Waals surface area contributed by atoms with Gasteiger partial charge in [0.2, 0.25) is 5.91 Å². The average Bonchev–Trinajstić information content (AvgIpc) is 2.12. The van der Waals surface area contributed by atoms with Gasteiger partial charge in [0.1, 0.15) is 6.04 Å². The zero-order chi connectivity index (χ0) is 12.0. The van der Waals surface area contributed by atoms with Gasteiger partial charge in [-0.25, -0.2) is 4.79 Å². The Labute approximate surface area is 89.0 Å². The van der Waals surface area contributed by atoms with Crippen LogP contribution in [0, 0.1) is 18.3 Å². The van der Waals surface area contributed by atoms with Crippen molar-refractivity contribution in [1.82, 2.24) is 5.32 Å². The molecule has 0 aromatic heterocycles. The lowest BCUT2D eigenvalue weighted by Gasteiger charge is -2.19. The van der Waals surface area contributed by atoms with Crippen LogP contribution in [0.25, 0.3) is 0 Å². The number of hydrogen-bond donors (Lipinski definition) is 3. The minimum Gasteiger partial charge on any atom is -0.480 e. The van der Waals surface area contributed by atoms with Crippen molar-refractivity contribution in [2.45, 2.75) is 32.4 Å². The van der Waals surface area contributed by atoms with Crippen LogP contribution in [0.15, 0.2) is 0 Å².